The van der Waals surface area contributed by atoms with E-state index in [2.05, 4.69) is 17.6 Å². The van der Waals surface area contributed by atoms with Gasteiger partial charge in [-0.2, -0.15) is 0 Å². The van der Waals surface area contributed by atoms with Crippen LogP contribution in [-0.2, 0) is 4.79 Å². The number of unbranched alkanes of at least 4 members (excludes halogenated alkanes) is 15. The third-order valence-electron chi connectivity index (χ3n) is 7.03. The van der Waals surface area contributed by atoms with Crippen molar-refractivity contribution in [2.45, 2.75) is 129 Å². The van der Waals surface area contributed by atoms with Gasteiger partial charge in [0.2, 0.25) is 5.91 Å². The molecule has 6 nitrogen and oxygen atoms in total. The smallest absolute Gasteiger partial charge is 0.287 e. The highest BCUT2D eigenvalue weighted by atomic mass is 16.3. The molecule has 0 bridgehead atoms. The second-order valence-corrected chi connectivity index (χ2v) is 10.4. The Morgan fingerprint density at radius 2 is 1.32 bits per heavy atom. The third kappa shape index (κ3) is 12.6. The van der Waals surface area contributed by atoms with Crippen LogP contribution in [0.25, 0.3) is 11.0 Å². The molecule has 0 saturated heterocycles. The Morgan fingerprint density at radius 3 is 1.84 bits per heavy atom. The van der Waals surface area contributed by atoms with Crippen molar-refractivity contribution >= 4 is 22.8 Å². The fourth-order valence-corrected chi connectivity index (χ4v) is 4.71. The zero-order valence-electron chi connectivity index (χ0n) is 23.2. The summed E-state index contributed by atoms with van der Waals surface area (Å²) in [5.74, 6) is -0.766. The van der Waals surface area contributed by atoms with Gasteiger partial charge in [0, 0.05) is 11.9 Å². The first-order valence-electron chi connectivity index (χ1n) is 14.8. The van der Waals surface area contributed by atoms with E-state index in [0.717, 1.165) is 18.2 Å². The molecule has 1 heterocycles. The van der Waals surface area contributed by atoms with Crippen LogP contribution in [0.3, 0.4) is 0 Å². The lowest BCUT2D eigenvalue weighted by Crippen LogP contribution is -2.52. The Kier molecular flexibility index (Phi) is 15.7. The van der Waals surface area contributed by atoms with Crippen LogP contribution in [-0.4, -0.2) is 35.6 Å². The highest BCUT2D eigenvalue weighted by Crippen LogP contribution is 2.19. The molecule has 1 aromatic carbocycles. The van der Waals surface area contributed by atoms with Gasteiger partial charge in [-0.05, 0) is 25.5 Å². The van der Waals surface area contributed by atoms with E-state index in [-0.39, 0.29) is 11.7 Å². The number of rotatable bonds is 21. The number of amides is 2. The molecule has 2 unspecified atom stereocenters. The van der Waals surface area contributed by atoms with Crippen molar-refractivity contribution in [3.05, 3.63) is 36.1 Å². The number of benzene rings is 1. The van der Waals surface area contributed by atoms with Crippen LogP contribution >= 0.6 is 0 Å². The van der Waals surface area contributed by atoms with Crippen LogP contribution < -0.4 is 10.6 Å². The van der Waals surface area contributed by atoms with Crippen molar-refractivity contribution in [2.24, 2.45) is 0 Å². The van der Waals surface area contributed by atoms with Crippen LogP contribution in [0.15, 0.2) is 34.7 Å². The summed E-state index contributed by atoms with van der Waals surface area (Å²) in [6, 6.07) is 7.94. The highest BCUT2D eigenvalue weighted by Gasteiger charge is 2.27. The van der Waals surface area contributed by atoms with Gasteiger partial charge in [-0.15, -0.1) is 0 Å². The number of furan rings is 1. The van der Waals surface area contributed by atoms with Gasteiger partial charge in [-0.25, -0.2) is 0 Å². The molecule has 2 atom stereocenters. The Balaban J connectivity index is 1.48. The van der Waals surface area contributed by atoms with Crippen LogP contribution in [0.1, 0.15) is 127 Å². The van der Waals surface area contributed by atoms with Gasteiger partial charge in [0.05, 0.1) is 6.10 Å². The van der Waals surface area contributed by atoms with Crippen molar-refractivity contribution in [1.29, 1.82) is 0 Å². The Hall–Kier alpha value is -2.34. The second kappa shape index (κ2) is 18.8. The number of aliphatic hydroxyl groups is 1. The van der Waals surface area contributed by atoms with E-state index in [0.29, 0.717) is 12.1 Å². The molecule has 6 heteroatoms. The maximum absolute atomic E-state index is 12.6. The van der Waals surface area contributed by atoms with Gasteiger partial charge in [0.15, 0.2) is 5.76 Å². The van der Waals surface area contributed by atoms with Crippen molar-refractivity contribution in [3.63, 3.8) is 0 Å². The highest BCUT2D eigenvalue weighted by molar-refractivity contribution is 5.98. The predicted octanol–water partition coefficient (Wildman–Crippen LogP) is 7.29. The van der Waals surface area contributed by atoms with E-state index in [4.69, 9.17) is 4.42 Å². The van der Waals surface area contributed by atoms with Crippen molar-refractivity contribution < 1.29 is 19.1 Å². The summed E-state index contributed by atoms with van der Waals surface area (Å²) >= 11 is 0. The van der Waals surface area contributed by atoms with Crippen molar-refractivity contribution in [2.75, 3.05) is 6.54 Å². The number of hydrogen-bond acceptors (Lipinski definition) is 4. The lowest BCUT2D eigenvalue weighted by molar-refractivity contribution is -0.125. The van der Waals surface area contributed by atoms with Gasteiger partial charge in [0.1, 0.15) is 11.6 Å². The molecule has 0 fully saturated rings. The fourth-order valence-electron chi connectivity index (χ4n) is 4.71. The SMILES string of the molecule is CCCCCCCCCCCCCCCCCCNC(=O)C(NC(=O)c1cc2ccccc2o1)C(C)O. The predicted molar refractivity (Wildman–Crippen MR) is 152 cm³/mol. The normalized spacial score (nSPS) is 12.9. The van der Waals surface area contributed by atoms with Gasteiger partial charge < -0.3 is 20.2 Å². The molecular weight excluding hydrogens is 464 g/mol. The largest absolute Gasteiger partial charge is 0.451 e. The first-order valence-corrected chi connectivity index (χ1v) is 14.8. The topological polar surface area (TPSA) is 91.6 Å². The molecule has 208 valence electrons. The summed E-state index contributed by atoms with van der Waals surface area (Å²) in [5, 5.41) is 16.3. The number of aliphatic hydroxyl groups excluding tert-OH is 1. The number of nitrogens with one attached hydrogen (secondary N) is 2. The lowest BCUT2D eigenvalue weighted by Gasteiger charge is -2.20. The van der Waals surface area contributed by atoms with Gasteiger partial charge in [-0.1, -0.05) is 121 Å². The van der Waals surface area contributed by atoms with Crippen LogP contribution in [0.5, 0.6) is 0 Å². The molecule has 0 radical (unpaired) electrons. The summed E-state index contributed by atoms with van der Waals surface area (Å²) in [4.78, 5) is 25.1. The summed E-state index contributed by atoms with van der Waals surface area (Å²) in [5.41, 5.74) is 0.606. The number of fused-ring (bicyclic) bond motifs is 1. The first-order chi connectivity index (χ1) is 18.0. The van der Waals surface area contributed by atoms with E-state index < -0.39 is 18.1 Å². The molecule has 0 aliphatic heterocycles. The molecule has 1 aromatic heterocycles. The summed E-state index contributed by atoms with van der Waals surface area (Å²) in [7, 11) is 0. The van der Waals surface area contributed by atoms with E-state index in [1.807, 2.05) is 18.2 Å². The van der Waals surface area contributed by atoms with E-state index in [1.54, 1.807) is 12.1 Å². The molecule has 3 N–H and O–H groups in total. The lowest BCUT2D eigenvalue weighted by atomic mass is 10.0. The van der Waals surface area contributed by atoms with Gasteiger partial charge in [0.25, 0.3) is 5.91 Å². The molecule has 0 aliphatic rings. The molecule has 2 rings (SSSR count). The summed E-state index contributed by atoms with van der Waals surface area (Å²) in [6.45, 7) is 4.31. The number of carbonyl (C=O) groups is 2. The van der Waals surface area contributed by atoms with E-state index in [9.17, 15) is 14.7 Å². The minimum absolute atomic E-state index is 0.123. The quantitative estimate of drug-likeness (QED) is 0.153. The Morgan fingerprint density at radius 1 is 0.811 bits per heavy atom. The average Bonchev–Trinajstić information content (AvgIpc) is 3.33. The fraction of sp³-hybridized carbons (Fsp3) is 0.677. The van der Waals surface area contributed by atoms with E-state index >= 15 is 0 Å². The molecule has 0 saturated carbocycles. The monoisotopic (exact) mass is 514 g/mol. The molecule has 0 aliphatic carbocycles. The first kappa shape index (κ1) is 30.9. The van der Waals surface area contributed by atoms with Crippen molar-refractivity contribution in [1.82, 2.24) is 10.6 Å². The molecule has 2 aromatic rings. The molecule has 37 heavy (non-hydrogen) atoms. The second-order valence-electron chi connectivity index (χ2n) is 10.4. The molecular formula is C31H50N2O4. The number of carbonyl (C=O) groups excluding carboxylic acids is 2. The van der Waals surface area contributed by atoms with Gasteiger partial charge >= 0.3 is 0 Å². The van der Waals surface area contributed by atoms with Crippen LogP contribution in [0.4, 0.5) is 0 Å². The maximum Gasteiger partial charge on any atom is 0.287 e. The van der Waals surface area contributed by atoms with Crippen molar-refractivity contribution in [3.8, 4) is 0 Å². The zero-order chi connectivity index (χ0) is 26.7. The minimum atomic E-state index is -1.03. The molecule has 2 amide bonds. The third-order valence-corrected chi connectivity index (χ3v) is 7.03. The van der Waals surface area contributed by atoms with E-state index in [1.165, 1.54) is 96.8 Å². The number of hydrogen-bond donors (Lipinski definition) is 3. The minimum Gasteiger partial charge on any atom is -0.451 e. The van der Waals surface area contributed by atoms with Crippen LogP contribution in [0, 0.1) is 0 Å². The summed E-state index contributed by atoms with van der Waals surface area (Å²) in [6.07, 6.45) is 19.9. The maximum atomic E-state index is 12.6. The zero-order valence-corrected chi connectivity index (χ0v) is 23.2. The Bertz CT molecular complexity index is 859. The average molecular weight is 515 g/mol. The standard InChI is InChI=1S/C31H50N2O4/c1-3-4-5-6-7-8-9-10-11-12-13-14-15-16-17-20-23-32-31(36)29(25(2)34)33-30(35)28-24-26-21-18-19-22-27(26)37-28/h18-19,21-22,24-25,29,34H,3-17,20,23H2,1-2H3,(H,32,36)(H,33,35). The molecule has 0 spiro atoms. The van der Waals surface area contributed by atoms with Gasteiger partial charge in [-0.3, -0.25) is 9.59 Å². The summed E-state index contributed by atoms with van der Waals surface area (Å²) < 4.78 is 5.56. The van der Waals surface area contributed by atoms with Crippen LogP contribution in [0.2, 0.25) is 0 Å². The number of para-hydroxylation sites is 1. The Labute approximate surface area is 224 Å².